The standard InChI is InChI=1S/C21H24N2O2/c24-18-6-7-20-19(14-18)16(15-22-20)8-11-23-12-9-21(25,10-13-23)17-4-2-1-3-5-17/h1-7,14-15,22,24-25H,8-13H2. The van der Waals surface area contributed by atoms with Crippen LogP contribution in [-0.2, 0) is 12.0 Å². The Hall–Kier alpha value is -2.30. The van der Waals surface area contributed by atoms with Gasteiger partial charge in [0.25, 0.3) is 0 Å². The SMILES string of the molecule is Oc1ccc2[nH]cc(CCN3CCC(O)(c4ccccc4)CC3)c2c1. The maximum absolute atomic E-state index is 10.9. The number of nitrogens with one attached hydrogen (secondary N) is 1. The summed E-state index contributed by atoms with van der Waals surface area (Å²) in [5.41, 5.74) is 2.63. The third-order valence-corrected chi connectivity index (χ3v) is 5.44. The first-order valence-corrected chi connectivity index (χ1v) is 8.93. The zero-order valence-corrected chi connectivity index (χ0v) is 14.3. The molecule has 0 spiro atoms. The molecule has 2 aromatic carbocycles. The molecule has 3 aromatic rings. The van der Waals surface area contributed by atoms with Crippen LogP contribution in [0, 0.1) is 0 Å². The summed E-state index contributed by atoms with van der Waals surface area (Å²) in [5.74, 6) is 0.305. The van der Waals surface area contributed by atoms with Crippen molar-refractivity contribution in [3.8, 4) is 5.75 Å². The first-order valence-electron chi connectivity index (χ1n) is 8.93. The number of fused-ring (bicyclic) bond motifs is 1. The molecule has 3 N–H and O–H groups in total. The van der Waals surface area contributed by atoms with Crippen LogP contribution >= 0.6 is 0 Å². The molecule has 1 aliphatic rings. The number of aromatic nitrogens is 1. The number of aliphatic hydroxyl groups is 1. The summed E-state index contributed by atoms with van der Waals surface area (Å²) < 4.78 is 0. The van der Waals surface area contributed by atoms with E-state index in [0.29, 0.717) is 5.75 Å². The van der Waals surface area contributed by atoms with Crippen LogP contribution in [0.15, 0.2) is 54.7 Å². The summed E-state index contributed by atoms with van der Waals surface area (Å²) >= 11 is 0. The third-order valence-electron chi connectivity index (χ3n) is 5.44. The van der Waals surface area contributed by atoms with Crippen LogP contribution in [0.2, 0.25) is 0 Å². The topological polar surface area (TPSA) is 59.5 Å². The molecular weight excluding hydrogens is 312 g/mol. The van der Waals surface area contributed by atoms with E-state index < -0.39 is 5.60 Å². The Bertz CT molecular complexity index is 849. The van der Waals surface area contributed by atoms with Crippen LogP contribution in [0.4, 0.5) is 0 Å². The zero-order valence-electron chi connectivity index (χ0n) is 14.3. The summed E-state index contributed by atoms with van der Waals surface area (Å²) in [6, 6.07) is 15.5. The van der Waals surface area contributed by atoms with Crippen molar-refractivity contribution in [2.75, 3.05) is 19.6 Å². The number of rotatable bonds is 4. The van der Waals surface area contributed by atoms with Gasteiger partial charge in [0, 0.05) is 36.7 Å². The average Bonchev–Trinajstić information content (AvgIpc) is 3.04. The largest absolute Gasteiger partial charge is 0.508 e. The number of phenolic OH excluding ortho intramolecular Hbond substituents is 1. The molecule has 0 bridgehead atoms. The van der Waals surface area contributed by atoms with Crippen molar-refractivity contribution in [2.45, 2.75) is 24.9 Å². The van der Waals surface area contributed by atoms with Gasteiger partial charge in [0.1, 0.15) is 5.75 Å². The van der Waals surface area contributed by atoms with Crippen molar-refractivity contribution < 1.29 is 10.2 Å². The Morgan fingerprint density at radius 3 is 2.56 bits per heavy atom. The summed E-state index contributed by atoms with van der Waals surface area (Å²) in [6.07, 6.45) is 4.51. The summed E-state index contributed by atoms with van der Waals surface area (Å²) in [5, 5.41) is 21.7. The van der Waals surface area contributed by atoms with E-state index in [1.807, 2.05) is 48.7 Å². The van der Waals surface area contributed by atoms with Crippen LogP contribution in [-0.4, -0.2) is 39.7 Å². The number of benzene rings is 2. The monoisotopic (exact) mass is 336 g/mol. The van der Waals surface area contributed by atoms with Gasteiger partial charge in [-0.25, -0.2) is 0 Å². The fourth-order valence-electron chi connectivity index (χ4n) is 3.84. The Morgan fingerprint density at radius 1 is 1.04 bits per heavy atom. The molecule has 1 fully saturated rings. The van der Waals surface area contributed by atoms with Gasteiger partial charge in [-0.05, 0) is 48.6 Å². The van der Waals surface area contributed by atoms with Crippen LogP contribution in [0.25, 0.3) is 10.9 Å². The fraction of sp³-hybridized carbons (Fsp3) is 0.333. The minimum Gasteiger partial charge on any atom is -0.508 e. The first kappa shape index (κ1) is 16.2. The minimum absolute atomic E-state index is 0.305. The van der Waals surface area contributed by atoms with Crippen molar-refractivity contribution in [3.63, 3.8) is 0 Å². The second kappa shape index (κ2) is 6.54. The second-order valence-electron chi connectivity index (χ2n) is 7.03. The molecule has 25 heavy (non-hydrogen) atoms. The molecule has 0 radical (unpaired) electrons. The molecule has 2 heterocycles. The Kier molecular flexibility index (Phi) is 4.24. The molecule has 1 aliphatic heterocycles. The number of H-pyrrole nitrogens is 1. The maximum atomic E-state index is 10.9. The number of hydrogen-bond donors (Lipinski definition) is 3. The van der Waals surface area contributed by atoms with Gasteiger partial charge in [0.05, 0.1) is 5.60 Å². The predicted octanol–water partition coefficient (Wildman–Crippen LogP) is 3.40. The van der Waals surface area contributed by atoms with Gasteiger partial charge >= 0.3 is 0 Å². The van der Waals surface area contributed by atoms with Gasteiger partial charge in [0.2, 0.25) is 0 Å². The molecule has 130 valence electrons. The number of phenols is 1. The maximum Gasteiger partial charge on any atom is 0.116 e. The lowest BCUT2D eigenvalue weighted by Crippen LogP contribution is -2.43. The lowest BCUT2D eigenvalue weighted by Gasteiger charge is -2.38. The van der Waals surface area contributed by atoms with Gasteiger partial charge in [-0.2, -0.15) is 0 Å². The number of aromatic amines is 1. The molecule has 1 aromatic heterocycles. The van der Waals surface area contributed by atoms with Gasteiger partial charge in [-0.15, -0.1) is 0 Å². The molecule has 4 rings (SSSR count). The van der Waals surface area contributed by atoms with Crippen molar-refractivity contribution in [1.29, 1.82) is 0 Å². The zero-order chi connectivity index (χ0) is 17.3. The van der Waals surface area contributed by atoms with Gasteiger partial charge < -0.3 is 20.1 Å². The van der Waals surface area contributed by atoms with Crippen molar-refractivity contribution in [3.05, 3.63) is 65.9 Å². The van der Waals surface area contributed by atoms with Crippen LogP contribution in [0.1, 0.15) is 24.0 Å². The quantitative estimate of drug-likeness (QED) is 0.684. The van der Waals surface area contributed by atoms with E-state index in [-0.39, 0.29) is 0 Å². The van der Waals surface area contributed by atoms with E-state index in [9.17, 15) is 10.2 Å². The van der Waals surface area contributed by atoms with E-state index in [1.54, 1.807) is 6.07 Å². The normalized spacial score (nSPS) is 17.8. The fourth-order valence-corrected chi connectivity index (χ4v) is 3.84. The molecule has 0 atom stereocenters. The lowest BCUT2D eigenvalue weighted by atomic mass is 9.84. The number of hydrogen-bond acceptors (Lipinski definition) is 3. The number of aromatic hydroxyl groups is 1. The van der Waals surface area contributed by atoms with Gasteiger partial charge in [-0.1, -0.05) is 30.3 Å². The highest BCUT2D eigenvalue weighted by Crippen LogP contribution is 2.32. The molecule has 1 saturated heterocycles. The van der Waals surface area contributed by atoms with Crippen molar-refractivity contribution >= 4 is 10.9 Å². The minimum atomic E-state index is -0.690. The third kappa shape index (κ3) is 3.28. The van der Waals surface area contributed by atoms with Crippen molar-refractivity contribution in [1.82, 2.24) is 9.88 Å². The molecule has 0 aliphatic carbocycles. The smallest absolute Gasteiger partial charge is 0.116 e. The number of nitrogens with zero attached hydrogens (tertiary/aromatic N) is 1. The molecule has 0 unspecified atom stereocenters. The van der Waals surface area contributed by atoms with Gasteiger partial charge in [-0.3, -0.25) is 0 Å². The molecule has 4 heteroatoms. The molecule has 0 saturated carbocycles. The van der Waals surface area contributed by atoms with Crippen LogP contribution < -0.4 is 0 Å². The lowest BCUT2D eigenvalue weighted by molar-refractivity contribution is -0.0255. The first-order chi connectivity index (χ1) is 12.1. The molecule has 4 nitrogen and oxygen atoms in total. The van der Waals surface area contributed by atoms with Crippen LogP contribution in [0.5, 0.6) is 5.75 Å². The second-order valence-corrected chi connectivity index (χ2v) is 7.03. The summed E-state index contributed by atoms with van der Waals surface area (Å²) in [6.45, 7) is 2.77. The van der Waals surface area contributed by atoms with Gasteiger partial charge in [0.15, 0.2) is 0 Å². The number of likely N-dealkylation sites (tertiary alicyclic amines) is 1. The van der Waals surface area contributed by atoms with E-state index >= 15 is 0 Å². The van der Waals surface area contributed by atoms with E-state index in [1.165, 1.54) is 5.56 Å². The van der Waals surface area contributed by atoms with E-state index in [2.05, 4.69) is 9.88 Å². The highest BCUT2D eigenvalue weighted by molar-refractivity contribution is 5.84. The van der Waals surface area contributed by atoms with Crippen LogP contribution in [0.3, 0.4) is 0 Å². The Labute approximate surface area is 147 Å². The van der Waals surface area contributed by atoms with E-state index in [4.69, 9.17) is 0 Å². The Morgan fingerprint density at radius 2 is 1.80 bits per heavy atom. The highest BCUT2D eigenvalue weighted by atomic mass is 16.3. The highest BCUT2D eigenvalue weighted by Gasteiger charge is 2.33. The molecule has 0 amide bonds. The Balaban J connectivity index is 1.38. The molecular formula is C21H24N2O2. The average molecular weight is 336 g/mol. The summed E-state index contributed by atoms with van der Waals surface area (Å²) in [4.78, 5) is 5.68. The van der Waals surface area contributed by atoms with E-state index in [0.717, 1.165) is 55.4 Å². The van der Waals surface area contributed by atoms with Crippen molar-refractivity contribution in [2.24, 2.45) is 0 Å². The summed E-state index contributed by atoms with van der Waals surface area (Å²) in [7, 11) is 0. The predicted molar refractivity (Wildman–Crippen MR) is 99.7 cm³/mol. The number of piperidine rings is 1.